The van der Waals surface area contributed by atoms with Gasteiger partial charge in [-0.25, -0.2) is 13.1 Å². The van der Waals surface area contributed by atoms with Crippen LogP contribution in [0.3, 0.4) is 0 Å². The topological polar surface area (TPSA) is 101 Å². The summed E-state index contributed by atoms with van der Waals surface area (Å²) in [4.78, 5) is 9.97. The Balaban J connectivity index is 0.00000242. The summed E-state index contributed by atoms with van der Waals surface area (Å²) in [5.74, 6) is 0.208. The lowest BCUT2D eigenvalue weighted by molar-refractivity contribution is -0.387. The first-order chi connectivity index (χ1) is 9.90. The van der Waals surface area contributed by atoms with Crippen LogP contribution in [0.2, 0.25) is 0 Å². The van der Waals surface area contributed by atoms with Gasteiger partial charge >= 0.3 is 0 Å². The first-order valence-corrected chi connectivity index (χ1v) is 8.82. The van der Waals surface area contributed by atoms with Gasteiger partial charge in [0, 0.05) is 17.1 Å². The van der Waals surface area contributed by atoms with Gasteiger partial charge in [0.15, 0.2) is 4.90 Å². The molecule has 1 aliphatic rings. The van der Waals surface area contributed by atoms with Gasteiger partial charge in [-0.2, -0.15) is 0 Å². The van der Waals surface area contributed by atoms with Crippen LogP contribution in [0.15, 0.2) is 27.6 Å². The van der Waals surface area contributed by atoms with Crippen LogP contribution >= 0.6 is 28.3 Å². The normalized spacial score (nSPS) is 18.5. The molecular formula is C12H17BrClN3O4S. The van der Waals surface area contributed by atoms with Crippen molar-refractivity contribution < 1.29 is 13.3 Å². The third kappa shape index (κ3) is 4.88. The summed E-state index contributed by atoms with van der Waals surface area (Å²) >= 11 is 3.14. The molecule has 1 atom stereocenters. The Morgan fingerprint density at radius 2 is 2.18 bits per heavy atom. The molecule has 0 saturated carbocycles. The minimum Gasteiger partial charge on any atom is -0.316 e. The average molecular weight is 415 g/mol. The molecular weight excluding hydrogens is 398 g/mol. The molecule has 124 valence electrons. The van der Waals surface area contributed by atoms with Crippen LogP contribution in [0.5, 0.6) is 0 Å². The monoisotopic (exact) mass is 413 g/mol. The summed E-state index contributed by atoms with van der Waals surface area (Å²) in [6.07, 6.45) is 1.94. The fraction of sp³-hybridized carbons (Fsp3) is 0.500. The fourth-order valence-corrected chi connectivity index (χ4v) is 4.08. The quantitative estimate of drug-likeness (QED) is 0.567. The van der Waals surface area contributed by atoms with Crippen molar-refractivity contribution in [3.63, 3.8) is 0 Å². The zero-order valence-electron chi connectivity index (χ0n) is 11.6. The van der Waals surface area contributed by atoms with E-state index < -0.39 is 20.6 Å². The van der Waals surface area contributed by atoms with Gasteiger partial charge in [-0.3, -0.25) is 10.1 Å². The smallest absolute Gasteiger partial charge is 0.289 e. The van der Waals surface area contributed by atoms with Gasteiger partial charge in [0.2, 0.25) is 10.0 Å². The highest BCUT2D eigenvalue weighted by molar-refractivity contribution is 9.10. The van der Waals surface area contributed by atoms with E-state index in [0.29, 0.717) is 4.47 Å². The highest BCUT2D eigenvalue weighted by Crippen LogP contribution is 2.27. The van der Waals surface area contributed by atoms with Crippen LogP contribution in [-0.2, 0) is 10.0 Å². The van der Waals surface area contributed by atoms with E-state index in [-0.39, 0.29) is 29.8 Å². The number of sulfonamides is 1. The van der Waals surface area contributed by atoms with Gasteiger partial charge in [0.1, 0.15) is 0 Å². The Kier molecular flexibility index (Phi) is 7.20. The van der Waals surface area contributed by atoms with Gasteiger partial charge in [-0.15, -0.1) is 12.4 Å². The van der Waals surface area contributed by atoms with Crippen LogP contribution in [0.25, 0.3) is 0 Å². The van der Waals surface area contributed by atoms with E-state index in [0.717, 1.165) is 25.9 Å². The predicted octanol–water partition coefficient (Wildman–Crippen LogP) is 2.06. The maximum atomic E-state index is 12.3. The highest BCUT2D eigenvalue weighted by atomic mass is 79.9. The second kappa shape index (κ2) is 8.21. The zero-order valence-corrected chi connectivity index (χ0v) is 14.8. The van der Waals surface area contributed by atoms with E-state index in [2.05, 4.69) is 26.0 Å². The van der Waals surface area contributed by atoms with Crippen molar-refractivity contribution in [2.75, 3.05) is 19.6 Å². The largest absolute Gasteiger partial charge is 0.316 e. The third-order valence-electron chi connectivity index (χ3n) is 3.37. The van der Waals surface area contributed by atoms with Gasteiger partial charge in [-0.05, 0) is 44.0 Å². The lowest BCUT2D eigenvalue weighted by Crippen LogP contribution is -2.38. The molecule has 1 aliphatic heterocycles. The molecule has 2 N–H and O–H groups in total. The molecule has 7 nitrogen and oxygen atoms in total. The van der Waals surface area contributed by atoms with E-state index >= 15 is 0 Å². The molecule has 0 radical (unpaired) electrons. The second-order valence-electron chi connectivity index (χ2n) is 4.93. The number of nitro groups is 1. The number of benzene rings is 1. The first kappa shape index (κ1) is 19.3. The number of rotatable bonds is 5. The summed E-state index contributed by atoms with van der Waals surface area (Å²) in [6.45, 7) is 1.97. The summed E-state index contributed by atoms with van der Waals surface area (Å²) in [5.41, 5.74) is -0.424. The maximum absolute atomic E-state index is 12.3. The standard InChI is InChI=1S/C12H16BrN3O4S.ClH/c13-10-3-4-11(16(17)18)12(6-10)21(19,20)15-8-9-2-1-5-14-7-9;/h3-4,6,9,14-15H,1-2,5,7-8H2;1H. The molecule has 1 aromatic rings. The minimum absolute atomic E-state index is 0. The molecule has 10 heteroatoms. The molecule has 0 amide bonds. The Bertz CT molecular complexity index is 635. The number of nitrogens with zero attached hydrogens (tertiary/aromatic N) is 1. The number of halogens is 2. The maximum Gasteiger partial charge on any atom is 0.289 e. The van der Waals surface area contributed by atoms with Crippen molar-refractivity contribution in [1.29, 1.82) is 0 Å². The van der Waals surface area contributed by atoms with E-state index in [9.17, 15) is 18.5 Å². The SMILES string of the molecule is Cl.O=[N+]([O-])c1ccc(Br)cc1S(=O)(=O)NCC1CCCNC1. The highest BCUT2D eigenvalue weighted by Gasteiger charge is 2.27. The summed E-state index contributed by atoms with van der Waals surface area (Å²) in [5, 5.41) is 14.2. The Morgan fingerprint density at radius 3 is 2.77 bits per heavy atom. The third-order valence-corrected chi connectivity index (χ3v) is 5.32. The molecule has 1 aromatic carbocycles. The molecule has 0 bridgehead atoms. The summed E-state index contributed by atoms with van der Waals surface area (Å²) in [6, 6.07) is 3.88. The van der Waals surface area contributed by atoms with Crippen molar-refractivity contribution >= 4 is 44.0 Å². The fourth-order valence-electron chi connectivity index (χ4n) is 2.26. The first-order valence-electron chi connectivity index (χ1n) is 6.54. The average Bonchev–Trinajstić information content (AvgIpc) is 2.46. The van der Waals surface area contributed by atoms with E-state index in [1.165, 1.54) is 18.2 Å². The molecule has 1 heterocycles. The Hall–Kier alpha value is -0.740. The number of hydrogen-bond donors (Lipinski definition) is 2. The van der Waals surface area contributed by atoms with Gasteiger partial charge in [0.25, 0.3) is 5.69 Å². The molecule has 1 unspecified atom stereocenters. The minimum atomic E-state index is -3.91. The summed E-state index contributed by atoms with van der Waals surface area (Å²) in [7, 11) is -3.91. The van der Waals surface area contributed by atoms with Crippen LogP contribution in [0, 0.1) is 16.0 Å². The van der Waals surface area contributed by atoms with Crippen LogP contribution < -0.4 is 10.0 Å². The molecule has 22 heavy (non-hydrogen) atoms. The zero-order chi connectivity index (χ0) is 15.5. The second-order valence-corrected chi connectivity index (χ2v) is 7.58. The molecule has 0 aliphatic carbocycles. The number of nitro benzene ring substituents is 1. The van der Waals surface area contributed by atoms with Crippen LogP contribution in [0.4, 0.5) is 5.69 Å². The summed E-state index contributed by atoms with van der Waals surface area (Å²) < 4.78 is 27.5. The molecule has 0 spiro atoms. The van der Waals surface area contributed by atoms with E-state index in [1.807, 2.05) is 0 Å². The molecule has 0 aromatic heterocycles. The van der Waals surface area contributed by atoms with Crippen LogP contribution in [0.1, 0.15) is 12.8 Å². The van der Waals surface area contributed by atoms with Gasteiger partial charge in [-0.1, -0.05) is 15.9 Å². The van der Waals surface area contributed by atoms with Crippen molar-refractivity contribution in [2.24, 2.45) is 5.92 Å². The number of piperidine rings is 1. The van der Waals surface area contributed by atoms with Crippen molar-refractivity contribution in [3.05, 3.63) is 32.8 Å². The Morgan fingerprint density at radius 1 is 1.45 bits per heavy atom. The number of hydrogen-bond acceptors (Lipinski definition) is 5. The van der Waals surface area contributed by atoms with Crippen LogP contribution in [-0.4, -0.2) is 33.0 Å². The van der Waals surface area contributed by atoms with Gasteiger partial charge < -0.3 is 5.32 Å². The lowest BCUT2D eigenvalue weighted by atomic mass is 10.0. The Labute approximate surface area is 143 Å². The van der Waals surface area contributed by atoms with Crippen molar-refractivity contribution in [2.45, 2.75) is 17.7 Å². The number of nitrogens with one attached hydrogen (secondary N) is 2. The van der Waals surface area contributed by atoms with Crippen molar-refractivity contribution in [3.8, 4) is 0 Å². The molecule has 1 fully saturated rings. The lowest BCUT2D eigenvalue weighted by Gasteiger charge is -2.22. The molecule has 2 rings (SSSR count). The van der Waals surface area contributed by atoms with E-state index in [1.54, 1.807) is 0 Å². The van der Waals surface area contributed by atoms with E-state index in [4.69, 9.17) is 0 Å². The molecule has 1 saturated heterocycles. The van der Waals surface area contributed by atoms with Gasteiger partial charge in [0.05, 0.1) is 4.92 Å². The van der Waals surface area contributed by atoms with Crippen molar-refractivity contribution in [1.82, 2.24) is 10.0 Å². The predicted molar refractivity (Wildman–Crippen MR) is 88.8 cm³/mol.